The maximum atomic E-state index is 11.1. The Labute approximate surface area is 77.5 Å². The quantitative estimate of drug-likeness (QED) is 0.809. The third kappa shape index (κ3) is 2.00. The Morgan fingerprint density at radius 2 is 2.36 bits per heavy atom. The van der Waals surface area contributed by atoms with Crippen molar-refractivity contribution in [2.45, 2.75) is 11.3 Å². The molecule has 1 aromatic rings. The third-order valence-electron chi connectivity index (χ3n) is 1.10. The first-order valence-electron chi connectivity index (χ1n) is 2.90. The summed E-state index contributed by atoms with van der Waals surface area (Å²) in [5.41, 5.74) is 0. The molecule has 0 aliphatic carbocycles. The maximum absolute atomic E-state index is 11.1. The maximum Gasteiger partial charge on any atom is 0.210 e. The summed E-state index contributed by atoms with van der Waals surface area (Å²) in [5, 5.41) is 0. The molecule has 11 heavy (non-hydrogen) atoms. The van der Waals surface area contributed by atoms with Gasteiger partial charge in [-0.3, -0.25) is 0 Å². The first-order valence-corrected chi connectivity index (χ1v) is 6.16. The molecule has 0 radical (unpaired) electrons. The van der Waals surface area contributed by atoms with Gasteiger partial charge in [-0.2, -0.15) is 0 Å². The molecule has 0 aromatic carbocycles. The Hall–Kier alpha value is 0.0600. The second-order valence-corrected chi connectivity index (χ2v) is 6.70. The van der Waals surface area contributed by atoms with E-state index in [-0.39, 0.29) is 10.1 Å². The fourth-order valence-corrected chi connectivity index (χ4v) is 3.36. The molecular formula is C5H6BrNO2S2. The van der Waals surface area contributed by atoms with E-state index in [4.69, 9.17) is 0 Å². The zero-order valence-electron chi connectivity index (χ0n) is 5.74. The van der Waals surface area contributed by atoms with Crippen LogP contribution in [0.2, 0.25) is 0 Å². The highest BCUT2D eigenvalue weighted by atomic mass is 79.9. The molecule has 0 spiro atoms. The van der Waals surface area contributed by atoms with Crippen molar-refractivity contribution in [3.8, 4) is 0 Å². The van der Waals surface area contributed by atoms with Gasteiger partial charge in [-0.05, 0) is 15.9 Å². The van der Waals surface area contributed by atoms with Crippen molar-refractivity contribution in [2.24, 2.45) is 0 Å². The molecule has 1 aromatic heterocycles. The average Bonchev–Trinajstić information content (AvgIpc) is 2.36. The largest absolute Gasteiger partial charge is 0.233 e. The van der Waals surface area contributed by atoms with Crippen molar-refractivity contribution in [2.75, 3.05) is 5.75 Å². The standard InChI is InChI=1S/C5H6BrNO2S2/c1-2-11(8,9)5-7-3-4(6)10-5/h3H,2H2,1H3. The molecule has 0 saturated heterocycles. The van der Waals surface area contributed by atoms with Crippen LogP contribution in [0.5, 0.6) is 0 Å². The second-order valence-electron chi connectivity index (χ2n) is 1.83. The number of hydrogen-bond acceptors (Lipinski definition) is 4. The van der Waals surface area contributed by atoms with Crippen molar-refractivity contribution < 1.29 is 8.42 Å². The molecular weight excluding hydrogens is 250 g/mol. The first-order chi connectivity index (χ1) is 5.06. The lowest BCUT2D eigenvalue weighted by molar-refractivity contribution is 0.596. The van der Waals surface area contributed by atoms with Gasteiger partial charge in [0, 0.05) is 0 Å². The summed E-state index contributed by atoms with van der Waals surface area (Å²) in [6.07, 6.45) is 1.49. The molecule has 6 heteroatoms. The number of aromatic nitrogens is 1. The fraction of sp³-hybridized carbons (Fsp3) is 0.400. The van der Waals surface area contributed by atoms with Gasteiger partial charge in [0.15, 0.2) is 0 Å². The van der Waals surface area contributed by atoms with Crippen molar-refractivity contribution in [1.29, 1.82) is 0 Å². The summed E-state index contributed by atoms with van der Waals surface area (Å²) < 4.78 is 23.2. The monoisotopic (exact) mass is 255 g/mol. The Morgan fingerprint density at radius 3 is 2.73 bits per heavy atom. The van der Waals surface area contributed by atoms with E-state index in [1.54, 1.807) is 6.92 Å². The number of halogens is 1. The van der Waals surface area contributed by atoms with E-state index in [1.807, 2.05) is 0 Å². The Balaban J connectivity index is 3.13. The van der Waals surface area contributed by atoms with E-state index in [1.165, 1.54) is 6.20 Å². The van der Waals surface area contributed by atoms with Crippen LogP contribution in [0, 0.1) is 0 Å². The van der Waals surface area contributed by atoms with Crippen LogP contribution in [0.25, 0.3) is 0 Å². The Kier molecular flexibility index (Phi) is 2.66. The lowest BCUT2D eigenvalue weighted by Gasteiger charge is -1.91. The van der Waals surface area contributed by atoms with Gasteiger partial charge in [0.2, 0.25) is 14.2 Å². The normalized spacial score (nSPS) is 11.8. The zero-order valence-corrected chi connectivity index (χ0v) is 8.96. The molecule has 0 aliphatic heterocycles. The van der Waals surface area contributed by atoms with Crippen LogP contribution in [-0.2, 0) is 9.84 Å². The smallest absolute Gasteiger partial charge is 0.210 e. The number of hydrogen-bond donors (Lipinski definition) is 0. The van der Waals surface area contributed by atoms with Crippen LogP contribution in [0.3, 0.4) is 0 Å². The number of thiazole rings is 1. The van der Waals surface area contributed by atoms with Gasteiger partial charge >= 0.3 is 0 Å². The Bertz CT molecular complexity index is 343. The molecule has 1 heterocycles. The molecule has 3 nitrogen and oxygen atoms in total. The van der Waals surface area contributed by atoms with Crippen LogP contribution in [0.4, 0.5) is 0 Å². The van der Waals surface area contributed by atoms with Crippen LogP contribution in [-0.4, -0.2) is 19.2 Å². The predicted octanol–water partition coefficient (Wildman–Crippen LogP) is 1.70. The summed E-state index contributed by atoms with van der Waals surface area (Å²) in [7, 11) is -3.10. The molecule has 0 fully saturated rings. The molecule has 0 saturated carbocycles. The zero-order chi connectivity index (χ0) is 8.48. The molecule has 62 valence electrons. The van der Waals surface area contributed by atoms with E-state index in [9.17, 15) is 8.42 Å². The topological polar surface area (TPSA) is 47.0 Å². The van der Waals surface area contributed by atoms with Gasteiger partial charge in [0.1, 0.15) is 0 Å². The molecule has 0 aliphatic rings. The van der Waals surface area contributed by atoms with E-state index in [0.29, 0.717) is 0 Å². The highest BCUT2D eigenvalue weighted by Gasteiger charge is 2.15. The fourth-order valence-electron chi connectivity index (χ4n) is 0.507. The van der Waals surface area contributed by atoms with Gasteiger partial charge in [-0.25, -0.2) is 13.4 Å². The van der Waals surface area contributed by atoms with E-state index in [0.717, 1.165) is 15.1 Å². The molecule has 0 N–H and O–H groups in total. The van der Waals surface area contributed by atoms with Crippen molar-refractivity contribution >= 4 is 37.1 Å². The number of sulfone groups is 1. The Morgan fingerprint density at radius 1 is 1.73 bits per heavy atom. The lowest BCUT2D eigenvalue weighted by Crippen LogP contribution is -2.02. The van der Waals surface area contributed by atoms with Crippen LogP contribution >= 0.6 is 27.3 Å². The van der Waals surface area contributed by atoms with Gasteiger partial charge in [-0.1, -0.05) is 18.3 Å². The highest BCUT2D eigenvalue weighted by Crippen LogP contribution is 2.23. The van der Waals surface area contributed by atoms with E-state index in [2.05, 4.69) is 20.9 Å². The van der Waals surface area contributed by atoms with E-state index < -0.39 is 9.84 Å². The summed E-state index contributed by atoms with van der Waals surface area (Å²) in [5.74, 6) is 0.104. The highest BCUT2D eigenvalue weighted by molar-refractivity contribution is 9.11. The van der Waals surface area contributed by atoms with Crippen LogP contribution in [0.1, 0.15) is 6.92 Å². The van der Waals surface area contributed by atoms with Crippen LogP contribution in [0.15, 0.2) is 14.3 Å². The summed E-state index contributed by atoms with van der Waals surface area (Å²) >= 11 is 4.28. The van der Waals surface area contributed by atoms with Crippen molar-refractivity contribution in [1.82, 2.24) is 4.98 Å². The average molecular weight is 256 g/mol. The third-order valence-corrected chi connectivity index (χ3v) is 4.78. The second kappa shape index (κ2) is 3.20. The van der Waals surface area contributed by atoms with Gasteiger partial charge in [0.25, 0.3) is 0 Å². The summed E-state index contributed by atoms with van der Waals surface area (Å²) in [6.45, 7) is 1.60. The van der Waals surface area contributed by atoms with Crippen LogP contribution < -0.4 is 0 Å². The summed E-state index contributed by atoms with van der Waals surface area (Å²) in [4.78, 5) is 3.74. The predicted molar refractivity (Wildman–Crippen MR) is 47.5 cm³/mol. The number of nitrogens with zero attached hydrogens (tertiary/aromatic N) is 1. The minimum absolute atomic E-state index is 0.104. The molecule has 0 atom stereocenters. The van der Waals surface area contributed by atoms with Crippen molar-refractivity contribution in [3.63, 3.8) is 0 Å². The summed E-state index contributed by atoms with van der Waals surface area (Å²) in [6, 6.07) is 0. The molecule has 0 unspecified atom stereocenters. The molecule has 0 bridgehead atoms. The molecule has 1 rings (SSSR count). The molecule has 0 amide bonds. The van der Waals surface area contributed by atoms with Gasteiger partial charge in [-0.15, -0.1) is 0 Å². The van der Waals surface area contributed by atoms with E-state index >= 15 is 0 Å². The first kappa shape index (κ1) is 9.15. The van der Waals surface area contributed by atoms with Crippen molar-refractivity contribution in [3.05, 3.63) is 9.98 Å². The lowest BCUT2D eigenvalue weighted by atomic mass is 11.0. The van der Waals surface area contributed by atoms with Gasteiger partial charge < -0.3 is 0 Å². The SMILES string of the molecule is CCS(=O)(=O)c1ncc(Br)s1. The number of rotatable bonds is 2. The van der Waals surface area contributed by atoms with Gasteiger partial charge in [0.05, 0.1) is 15.7 Å². The minimum atomic E-state index is -3.10. The minimum Gasteiger partial charge on any atom is -0.233 e.